The quantitative estimate of drug-likeness (QED) is 0.292. The number of hydrogen-bond donors (Lipinski definition) is 5. The highest BCUT2D eigenvalue weighted by Gasteiger charge is 2.38. The van der Waals surface area contributed by atoms with Crippen molar-refractivity contribution >= 4 is 49.0 Å². The van der Waals surface area contributed by atoms with Gasteiger partial charge in [0.1, 0.15) is 18.0 Å². The zero-order valence-corrected chi connectivity index (χ0v) is 19.8. The molecular weight excluding hydrogens is 529 g/mol. The van der Waals surface area contributed by atoms with Gasteiger partial charge in [0.2, 0.25) is 20.0 Å². The van der Waals surface area contributed by atoms with Gasteiger partial charge in [0.25, 0.3) is 0 Å². The van der Waals surface area contributed by atoms with Crippen LogP contribution in [-0.4, -0.2) is 51.1 Å². The van der Waals surface area contributed by atoms with Crippen molar-refractivity contribution in [1.29, 1.82) is 0 Å². The molecule has 0 aliphatic rings. The normalized spacial score (nSPS) is 11.7. The van der Waals surface area contributed by atoms with Crippen molar-refractivity contribution in [2.24, 2.45) is 5.14 Å². The molecule has 0 fully saturated rings. The summed E-state index contributed by atoms with van der Waals surface area (Å²) in [6.45, 7) is 0. The number of carboxylic acid groups (broad SMARTS) is 1. The summed E-state index contributed by atoms with van der Waals surface area (Å²) in [5, 5.41) is 18.2. The molecule has 0 atom stereocenters. The number of sulfonamides is 2. The van der Waals surface area contributed by atoms with Crippen LogP contribution in [0.5, 0.6) is 0 Å². The monoisotopic (exact) mass is 548 g/mol. The molecule has 1 aromatic heterocycles. The number of nitrogens with zero attached hydrogens (tertiary/aromatic N) is 2. The lowest BCUT2D eigenvalue weighted by Crippen LogP contribution is -2.21. The third kappa shape index (κ3) is 8.45. The molecule has 0 radical (unpaired) electrons. The average Bonchev–Trinajstić information content (AvgIpc) is 2.79. The Morgan fingerprint density at radius 1 is 0.889 bits per heavy atom. The van der Waals surface area contributed by atoms with E-state index in [1.165, 1.54) is 37.6 Å². The molecule has 2 aromatic carbocycles. The zero-order chi connectivity index (χ0) is 27.1. The number of carboxylic acids is 1. The topological polar surface area (TPSA) is 193 Å². The van der Waals surface area contributed by atoms with Gasteiger partial charge in [-0.15, -0.1) is 0 Å². The van der Waals surface area contributed by atoms with Crippen LogP contribution >= 0.6 is 0 Å². The van der Waals surface area contributed by atoms with Gasteiger partial charge in [-0.1, -0.05) is 12.1 Å². The summed E-state index contributed by atoms with van der Waals surface area (Å²) in [6, 6.07) is 13.8. The number of aliphatic carboxylic acids is 1. The summed E-state index contributed by atoms with van der Waals surface area (Å²) in [6.07, 6.45) is -3.78. The number of halogens is 3. The second-order valence-electron chi connectivity index (χ2n) is 6.65. The Morgan fingerprint density at radius 2 is 1.33 bits per heavy atom. The van der Waals surface area contributed by atoms with Crippen molar-refractivity contribution in [3.8, 4) is 0 Å². The van der Waals surface area contributed by atoms with Crippen LogP contribution in [0.2, 0.25) is 0 Å². The van der Waals surface area contributed by atoms with E-state index in [2.05, 4.69) is 25.3 Å². The highest BCUT2D eigenvalue weighted by atomic mass is 32.2. The number of alkyl halides is 3. The maximum atomic E-state index is 11.9. The molecule has 0 spiro atoms. The van der Waals surface area contributed by atoms with E-state index < -0.39 is 32.2 Å². The minimum absolute atomic E-state index is 0.0301. The summed E-state index contributed by atoms with van der Waals surface area (Å²) < 4.78 is 80.8. The van der Waals surface area contributed by atoms with Gasteiger partial charge in [-0.3, -0.25) is 0 Å². The predicted octanol–water partition coefficient (Wildman–Crippen LogP) is 2.15. The van der Waals surface area contributed by atoms with Crippen molar-refractivity contribution in [1.82, 2.24) is 14.7 Å². The Labute approximate surface area is 203 Å². The van der Waals surface area contributed by atoms with Crippen LogP contribution in [0.1, 0.15) is 0 Å². The van der Waals surface area contributed by atoms with E-state index in [1.807, 2.05) is 0 Å². The Kier molecular flexibility index (Phi) is 8.92. The summed E-state index contributed by atoms with van der Waals surface area (Å²) in [7, 11) is -6.06. The molecule has 0 bridgehead atoms. The SMILES string of the molecule is CNS(=O)(=O)c1cccc(Nc2cc(Nc3cccc(S(N)(=O)=O)c3)ncn2)c1.O=C(O)C(F)(F)F. The molecule has 17 heteroatoms. The summed E-state index contributed by atoms with van der Waals surface area (Å²) in [5.74, 6) is -1.95. The maximum absolute atomic E-state index is 11.9. The molecule has 0 unspecified atom stereocenters. The van der Waals surface area contributed by atoms with Gasteiger partial charge in [-0.25, -0.2) is 41.5 Å². The lowest BCUT2D eigenvalue weighted by molar-refractivity contribution is -0.192. The fourth-order valence-corrected chi connectivity index (χ4v) is 3.73. The van der Waals surface area contributed by atoms with Crippen LogP contribution in [0, 0.1) is 0 Å². The fraction of sp³-hybridized carbons (Fsp3) is 0.105. The second-order valence-corrected chi connectivity index (χ2v) is 10.1. The molecule has 3 rings (SSSR count). The van der Waals surface area contributed by atoms with E-state index in [1.54, 1.807) is 30.3 Å². The molecule has 3 aromatic rings. The number of rotatable bonds is 7. The minimum Gasteiger partial charge on any atom is -0.475 e. The number of aromatic nitrogens is 2. The van der Waals surface area contributed by atoms with E-state index in [0.717, 1.165) is 0 Å². The standard InChI is InChI=1S/C17H18N6O4S2.C2HF3O2/c1-19-29(26,27)15-7-3-5-13(9-15)23-17-10-16(20-11-21-17)22-12-4-2-6-14(8-12)28(18,24)25;3-2(4,5)1(6)7/h2-11,19H,1H3,(H2,18,24,25)(H2,20,21,22,23);(H,6,7). The minimum atomic E-state index is -5.08. The predicted molar refractivity (Wildman–Crippen MR) is 123 cm³/mol. The molecule has 0 amide bonds. The third-order valence-electron chi connectivity index (χ3n) is 4.03. The van der Waals surface area contributed by atoms with Gasteiger partial charge in [0, 0.05) is 17.4 Å². The van der Waals surface area contributed by atoms with Gasteiger partial charge in [-0.2, -0.15) is 13.2 Å². The highest BCUT2D eigenvalue weighted by molar-refractivity contribution is 7.89. The third-order valence-corrected chi connectivity index (χ3v) is 6.35. The zero-order valence-electron chi connectivity index (χ0n) is 18.2. The summed E-state index contributed by atoms with van der Waals surface area (Å²) >= 11 is 0. The van der Waals surface area contributed by atoms with Crippen molar-refractivity contribution < 1.29 is 39.9 Å². The largest absolute Gasteiger partial charge is 0.490 e. The Hall–Kier alpha value is -3.80. The lowest BCUT2D eigenvalue weighted by Gasteiger charge is -2.10. The van der Waals surface area contributed by atoms with Crippen LogP contribution in [0.25, 0.3) is 0 Å². The number of carbonyl (C=O) groups is 1. The van der Waals surface area contributed by atoms with Gasteiger partial charge in [0.05, 0.1) is 9.79 Å². The van der Waals surface area contributed by atoms with Gasteiger partial charge in [-0.05, 0) is 43.4 Å². The highest BCUT2D eigenvalue weighted by Crippen LogP contribution is 2.22. The first kappa shape index (κ1) is 28.4. The Balaban J connectivity index is 0.000000572. The smallest absolute Gasteiger partial charge is 0.475 e. The average molecular weight is 549 g/mol. The molecule has 36 heavy (non-hydrogen) atoms. The first-order valence-corrected chi connectivity index (χ1v) is 12.5. The van der Waals surface area contributed by atoms with Crippen molar-refractivity contribution in [2.75, 3.05) is 17.7 Å². The van der Waals surface area contributed by atoms with Crippen LogP contribution < -0.4 is 20.5 Å². The van der Waals surface area contributed by atoms with Crippen LogP contribution in [0.4, 0.5) is 36.2 Å². The van der Waals surface area contributed by atoms with Crippen molar-refractivity contribution in [3.63, 3.8) is 0 Å². The van der Waals surface area contributed by atoms with Gasteiger partial charge in [0.15, 0.2) is 0 Å². The second kappa shape index (κ2) is 11.3. The Bertz CT molecular complexity index is 1450. The number of hydrogen-bond acceptors (Lipinski definition) is 9. The van der Waals surface area contributed by atoms with Crippen molar-refractivity contribution in [3.05, 3.63) is 60.9 Å². The molecule has 194 valence electrons. The van der Waals surface area contributed by atoms with E-state index >= 15 is 0 Å². The van der Waals surface area contributed by atoms with E-state index in [0.29, 0.717) is 23.0 Å². The first-order valence-electron chi connectivity index (χ1n) is 9.44. The molecule has 6 N–H and O–H groups in total. The van der Waals surface area contributed by atoms with E-state index in [-0.39, 0.29) is 9.79 Å². The van der Waals surface area contributed by atoms with Crippen molar-refractivity contribution in [2.45, 2.75) is 16.0 Å². The number of benzene rings is 2. The molecular formula is C19H19F3N6O6S2. The summed E-state index contributed by atoms with van der Waals surface area (Å²) in [5.41, 5.74) is 0.991. The molecule has 12 nitrogen and oxygen atoms in total. The number of nitrogens with one attached hydrogen (secondary N) is 3. The van der Waals surface area contributed by atoms with Gasteiger partial charge < -0.3 is 15.7 Å². The van der Waals surface area contributed by atoms with E-state index in [9.17, 15) is 30.0 Å². The molecule has 0 aliphatic heterocycles. The first-order chi connectivity index (χ1) is 16.6. The van der Waals surface area contributed by atoms with Crippen LogP contribution in [0.15, 0.2) is 70.7 Å². The molecule has 0 saturated carbocycles. The molecule has 1 heterocycles. The lowest BCUT2D eigenvalue weighted by atomic mass is 10.3. The fourth-order valence-electron chi connectivity index (χ4n) is 2.40. The summed E-state index contributed by atoms with van der Waals surface area (Å²) in [4.78, 5) is 17.2. The molecule has 0 saturated heterocycles. The van der Waals surface area contributed by atoms with Crippen LogP contribution in [0.3, 0.4) is 0 Å². The maximum Gasteiger partial charge on any atom is 0.490 e. The van der Waals surface area contributed by atoms with Gasteiger partial charge >= 0.3 is 12.1 Å². The number of anilines is 4. The number of primary sulfonamides is 1. The van der Waals surface area contributed by atoms with E-state index in [4.69, 9.17) is 15.0 Å². The Morgan fingerprint density at radius 3 is 1.75 bits per heavy atom. The number of nitrogens with two attached hydrogens (primary N) is 1. The van der Waals surface area contributed by atoms with Crippen LogP contribution in [-0.2, 0) is 24.8 Å². The molecule has 0 aliphatic carbocycles.